The monoisotopic (exact) mass is 338 g/mol. The Labute approximate surface area is 142 Å². The molecule has 126 valence electrons. The molecule has 2 aromatic carbocycles. The quantitative estimate of drug-likeness (QED) is 0.626. The molecule has 8 heteroatoms. The predicted molar refractivity (Wildman–Crippen MR) is 89.2 cm³/mol. The molecule has 0 atom stereocenters. The molecule has 3 N–H and O–H groups in total. The third kappa shape index (κ3) is 3.05. The molecule has 3 aromatic rings. The van der Waals surface area contributed by atoms with Crippen molar-refractivity contribution in [1.82, 2.24) is 9.78 Å². The largest absolute Gasteiger partial charge is 0.506 e. The number of hydrogen-bond acceptors (Lipinski definition) is 6. The Kier molecular flexibility index (Phi) is 4.17. The number of azo groups is 1. The summed E-state index contributed by atoms with van der Waals surface area (Å²) in [5.41, 5.74) is 0.733. The van der Waals surface area contributed by atoms with Gasteiger partial charge in [-0.1, -0.05) is 24.3 Å². The normalized spacial score (nSPS) is 11.1. The van der Waals surface area contributed by atoms with Crippen LogP contribution in [0.15, 0.2) is 58.8 Å². The number of aromatic nitrogens is 2. The molecule has 1 aromatic heterocycles. The first-order valence-corrected chi connectivity index (χ1v) is 7.30. The lowest BCUT2D eigenvalue weighted by atomic mass is 10.1. The number of carbonyl (C=O) groups is 1. The zero-order valence-electron chi connectivity index (χ0n) is 13.2. The number of rotatable bonds is 4. The van der Waals surface area contributed by atoms with E-state index in [1.807, 2.05) is 6.07 Å². The van der Waals surface area contributed by atoms with Crippen molar-refractivity contribution in [3.05, 3.63) is 59.8 Å². The van der Waals surface area contributed by atoms with Gasteiger partial charge in [-0.2, -0.15) is 9.78 Å². The van der Waals surface area contributed by atoms with E-state index < -0.39 is 5.97 Å². The number of aryl methyl sites for hydroxylation is 1. The summed E-state index contributed by atoms with van der Waals surface area (Å²) < 4.78 is 1.30. The highest BCUT2D eigenvalue weighted by molar-refractivity contribution is 5.94. The Bertz CT molecular complexity index is 964. The molecule has 0 saturated heterocycles. The zero-order valence-corrected chi connectivity index (χ0v) is 13.2. The number of aromatic hydroxyl groups is 2. The minimum atomic E-state index is -1.24. The first-order valence-electron chi connectivity index (χ1n) is 7.30. The highest BCUT2D eigenvalue weighted by Gasteiger charge is 2.17. The van der Waals surface area contributed by atoms with E-state index in [1.54, 1.807) is 31.2 Å². The SMILES string of the molecule is Cc1nn(-c2ccccc2)c(O)c1N=Nc1c(O)cccc1C(=O)O. The number of hydrogen-bond donors (Lipinski definition) is 3. The summed E-state index contributed by atoms with van der Waals surface area (Å²) in [4.78, 5) is 11.2. The maximum Gasteiger partial charge on any atom is 0.338 e. The molecule has 0 fully saturated rings. The summed E-state index contributed by atoms with van der Waals surface area (Å²) in [7, 11) is 0. The van der Waals surface area contributed by atoms with Crippen molar-refractivity contribution in [3.8, 4) is 17.3 Å². The van der Waals surface area contributed by atoms with Crippen LogP contribution in [0.25, 0.3) is 5.69 Å². The molecule has 0 aliphatic rings. The van der Waals surface area contributed by atoms with Crippen LogP contribution in [-0.4, -0.2) is 31.1 Å². The van der Waals surface area contributed by atoms with E-state index in [9.17, 15) is 20.1 Å². The summed E-state index contributed by atoms with van der Waals surface area (Å²) >= 11 is 0. The molecule has 0 aliphatic heterocycles. The van der Waals surface area contributed by atoms with Gasteiger partial charge in [0, 0.05) is 0 Å². The van der Waals surface area contributed by atoms with Gasteiger partial charge in [0.1, 0.15) is 11.4 Å². The van der Waals surface area contributed by atoms with Crippen molar-refractivity contribution in [2.24, 2.45) is 10.2 Å². The highest BCUT2D eigenvalue weighted by Crippen LogP contribution is 2.36. The number of phenolic OH excluding ortho intramolecular Hbond substituents is 1. The van der Waals surface area contributed by atoms with Gasteiger partial charge in [0.05, 0.1) is 16.9 Å². The second-order valence-corrected chi connectivity index (χ2v) is 5.18. The second kappa shape index (κ2) is 6.44. The van der Waals surface area contributed by atoms with Crippen LogP contribution in [0.3, 0.4) is 0 Å². The average molecular weight is 338 g/mol. The van der Waals surface area contributed by atoms with Gasteiger partial charge in [-0.15, -0.1) is 10.2 Å². The number of benzene rings is 2. The summed E-state index contributed by atoms with van der Waals surface area (Å²) in [6.45, 7) is 1.64. The van der Waals surface area contributed by atoms with Crippen LogP contribution >= 0.6 is 0 Å². The molecule has 0 unspecified atom stereocenters. The fourth-order valence-corrected chi connectivity index (χ4v) is 2.28. The highest BCUT2D eigenvalue weighted by atomic mass is 16.4. The Hall–Kier alpha value is -3.68. The van der Waals surface area contributed by atoms with Gasteiger partial charge in [-0.25, -0.2) is 4.79 Å². The van der Waals surface area contributed by atoms with Crippen molar-refractivity contribution in [2.75, 3.05) is 0 Å². The number of nitrogens with zero attached hydrogens (tertiary/aromatic N) is 4. The fraction of sp³-hybridized carbons (Fsp3) is 0.0588. The van der Waals surface area contributed by atoms with Crippen molar-refractivity contribution < 1.29 is 20.1 Å². The smallest absolute Gasteiger partial charge is 0.338 e. The number of para-hydroxylation sites is 1. The first-order chi connectivity index (χ1) is 12.0. The van der Waals surface area contributed by atoms with Gasteiger partial charge in [0.25, 0.3) is 0 Å². The molecular weight excluding hydrogens is 324 g/mol. The van der Waals surface area contributed by atoms with E-state index in [2.05, 4.69) is 15.3 Å². The maximum absolute atomic E-state index is 11.2. The molecule has 8 nitrogen and oxygen atoms in total. The third-order valence-electron chi connectivity index (χ3n) is 3.50. The molecule has 0 bridgehead atoms. The van der Waals surface area contributed by atoms with E-state index in [1.165, 1.54) is 22.9 Å². The van der Waals surface area contributed by atoms with Gasteiger partial charge >= 0.3 is 5.97 Å². The standard InChI is InChI=1S/C17H14N4O4/c1-10-14(16(23)21(20-10)11-6-3-2-4-7-11)18-19-15-12(17(24)25)8-5-9-13(15)22/h2-9,22-23H,1H3,(H,24,25). The Morgan fingerprint density at radius 1 is 1.00 bits per heavy atom. The van der Waals surface area contributed by atoms with Crippen LogP contribution in [0.4, 0.5) is 11.4 Å². The number of carboxylic acid groups (broad SMARTS) is 1. The zero-order chi connectivity index (χ0) is 18.0. The third-order valence-corrected chi connectivity index (χ3v) is 3.50. The van der Waals surface area contributed by atoms with E-state index in [0.717, 1.165) is 0 Å². The van der Waals surface area contributed by atoms with Crippen molar-refractivity contribution in [2.45, 2.75) is 6.92 Å². The lowest BCUT2D eigenvalue weighted by molar-refractivity contribution is 0.0697. The molecule has 0 amide bonds. The van der Waals surface area contributed by atoms with Crippen LogP contribution in [0.1, 0.15) is 16.1 Å². The number of carboxylic acids is 1. The average Bonchev–Trinajstić information content (AvgIpc) is 2.88. The molecule has 0 radical (unpaired) electrons. The molecule has 0 aliphatic carbocycles. The lowest BCUT2D eigenvalue weighted by Crippen LogP contribution is -1.96. The summed E-state index contributed by atoms with van der Waals surface area (Å²) in [6.07, 6.45) is 0. The molecule has 1 heterocycles. The summed E-state index contributed by atoms with van der Waals surface area (Å²) in [6, 6.07) is 13.0. The number of phenols is 1. The van der Waals surface area contributed by atoms with Gasteiger partial charge in [-0.05, 0) is 31.2 Å². The van der Waals surface area contributed by atoms with E-state index >= 15 is 0 Å². The Morgan fingerprint density at radius 3 is 2.36 bits per heavy atom. The van der Waals surface area contributed by atoms with Crippen molar-refractivity contribution >= 4 is 17.3 Å². The van der Waals surface area contributed by atoms with Gasteiger partial charge in [-0.3, -0.25) is 0 Å². The van der Waals surface area contributed by atoms with Gasteiger partial charge < -0.3 is 15.3 Å². The fourth-order valence-electron chi connectivity index (χ4n) is 2.28. The van der Waals surface area contributed by atoms with Crippen molar-refractivity contribution in [3.63, 3.8) is 0 Å². The molecule has 0 spiro atoms. The summed E-state index contributed by atoms with van der Waals surface area (Å²) in [5.74, 6) is -1.80. The first kappa shape index (κ1) is 16.2. The van der Waals surface area contributed by atoms with Crippen LogP contribution in [0, 0.1) is 6.92 Å². The van der Waals surface area contributed by atoms with Crippen LogP contribution in [-0.2, 0) is 0 Å². The topological polar surface area (TPSA) is 120 Å². The van der Waals surface area contributed by atoms with Crippen molar-refractivity contribution in [1.29, 1.82) is 0 Å². The van der Waals surface area contributed by atoms with Crippen LogP contribution in [0.5, 0.6) is 11.6 Å². The Morgan fingerprint density at radius 2 is 1.68 bits per heavy atom. The second-order valence-electron chi connectivity index (χ2n) is 5.18. The van der Waals surface area contributed by atoms with E-state index in [4.69, 9.17) is 0 Å². The predicted octanol–water partition coefficient (Wildman–Crippen LogP) is 3.71. The minimum Gasteiger partial charge on any atom is -0.506 e. The minimum absolute atomic E-state index is 0.0865. The van der Waals surface area contributed by atoms with E-state index in [0.29, 0.717) is 11.4 Å². The van der Waals surface area contributed by atoms with Gasteiger partial charge in [0.15, 0.2) is 5.69 Å². The lowest BCUT2D eigenvalue weighted by Gasteiger charge is -2.02. The molecule has 3 rings (SSSR count). The number of aromatic carboxylic acids is 1. The maximum atomic E-state index is 11.2. The molecular formula is C17H14N4O4. The van der Waals surface area contributed by atoms with Crippen LogP contribution in [0.2, 0.25) is 0 Å². The van der Waals surface area contributed by atoms with E-state index in [-0.39, 0.29) is 28.6 Å². The van der Waals surface area contributed by atoms with Crippen LogP contribution < -0.4 is 0 Å². The van der Waals surface area contributed by atoms with Gasteiger partial charge in [0.2, 0.25) is 5.88 Å². The molecule has 25 heavy (non-hydrogen) atoms. The summed E-state index contributed by atoms with van der Waals surface area (Å²) in [5, 5.41) is 41.3. The Balaban J connectivity index is 2.04. The molecule has 0 saturated carbocycles.